The van der Waals surface area contributed by atoms with E-state index in [0.29, 0.717) is 78.2 Å². The zero-order chi connectivity index (χ0) is 30.4. The molecular formula is C31H36N4O5S2. The average Bonchev–Trinajstić information content (AvgIpc) is 3.26. The zero-order valence-electron chi connectivity index (χ0n) is 24.5. The third kappa shape index (κ3) is 6.55. The van der Waals surface area contributed by atoms with Gasteiger partial charge in [0.05, 0.1) is 24.5 Å². The molecule has 4 rings (SSSR count). The van der Waals surface area contributed by atoms with Gasteiger partial charge in [-0.25, -0.2) is 0 Å². The molecule has 2 aliphatic rings. The van der Waals surface area contributed by atoms with E-state index in [2.05, 4.69) is 6.07 Å². The number of nitrogens with zero attached hydrogens (tertiary/aromatic N) is 4. The minimum atomic E-state index is -0.366. The molecule has 11 heteroatoms. The highest BCUT2D eigenvalue weighted by Gasteiger charge is 2.34. The second-order valence-corrected chi connectivity index (χ2v) is 12.0. The molecule has 1 aromatic carbocycles. The fraction of sp³-hybridized carbons (Fsp3) is 0.452. The number of carbonyl (C=O) groups is 2. The van der Waals surface area contributed by atoms with Gasteiger partial charge in [-0.05, 0) is 68.9 Å². The van der Waals surface area contributed by atoms with Crippen LogP contribution in [-0.4, -0.2) is 59.0 Å². The number of ether oxygens (including phenoxy) is 2. The summed E-state index contributed by atoms with van der Waals surface area (Å²) in [5.41, 5.74) is 1.87. The van der Waals surface area contributed by atoms with Crippen LogP contribution in [0.25, 0.3) is 6.08 Å². The fourth-order valence-electron chi connectivity index (χ4n) is 5.39. The summed E-state index contributed by atoms with van der Waals surface area (Å²) in [6.07, 6.45) is 4.50. The number of piperidine rings is 1. The molecule has 3 heterocycles. The van der Waals surface area contributed by atoms with Crippen molar-refractivity contribution in [2.75, 3.05) is 38.3 Å². The van der Waals surface area contributed by atoms with Crippen LogP contribution in [-0.2, 0) is 27.3 Å². The number of benzene rings is 1. The first-order valence-corrected chi connectivity index (χ1v) is 15.4. The number of thiocarbonyl (C=S) groups is 1. The maximum Gasteiger partial charge on any atom is 0.310 e. The zero-order valence-corrected chi connectivity index (χ0v) is 26.1. The van der Waals surface area contributed by atoms with Crippen LogP contribution in [0.2, 0.25) is 0 Å². The number of rotatable bonds is 10. The second-order valence-electron chi connectivity index (χ2n) is 10.3. The topological polar surface area (TPSA) is 105 Å². The molecule has 2 saturated heterocycles. The lowest BCUT2D eigenvalue weighted by atomic mass is 9.96. The lowest BCUT2D eigenvalue weighted by molar-refractivity contribution is -0.148. The molecule has 1 aromatic heterocycles. The van der Waals surface area contributed by atoms with E-state index >= 15 is 0 Å². The third-order valence-corrected chi connectivity index (χ3v) is 8.94. The Morgan fingerprint density at radius 1 is 1.21 bits per heavy atom. The largest absolute Gasteiger partial charge is 0.497 e. The molecule has 2 fully saturated rings. The van der Waals surface area contributed by atoms with Crippen molar-refractivity contribution in [3.63, 3.8) is 0 Å². The summed E-state index contributed by atoms with van der Waals surface area (Å²) in [4.78, 5) is 43.8. The van der Waals surface area contributed by atoms with Gasteiger partial charge < -0.3 is 14.4 Å². The smallest absolute Gasteiger partial charge is 0.310 e. The molecule has 2 aromatic rings. The van der Waals surface area contributed by atoms with Crippen molar-refractivity contribution in [3.8, 4) is 11.8 Å². The van der Waals surface area contributed by atoms with Crippen molar-refractivity contribution >= 4 is 52.1 Å². The number of amides is 1. The summed E-state index contributed by atoms with van der Waals surface area (Å²) in [7, 11) is 1.62. The first-order chi connectivity index (χ1) is 20.2. The van der Waals surface area contributed by atoms with E-state index in [0.717, 1.165) is 17.7 Å². The highest BCUT2D eigenvalue weighted by atomic mass is 32.2. The average molecular weight is 609 g/mol. The van der Waals surface area contributed by atoms with E-state index in [1.807, 2.05) is 36.1 Å². The van der Waals surface area contributed by atoms with Crippen LogP contribution in [0.1, 0.15) is 55.4 Å². The molecule has 222 valence electrons. The number of hydrogen-bond donors (Lipinski definition) is 0. The Bertz CT molecular complexity index is 1490. The SMILES string of the molecule is CCCn1c(N2CCCC(C(=O)OCC)C2)c(C=C2SC(=S)N(CCc3ccc(OC)cc3)C2=O)c(C)c(C#N)c1=O. The number of thioether (sulfide) groups is 1. The minimum Gasteiger partial charge on any atom is -0.497 e. The van der Waals surface area contributed by atoms with Crippen LogP contribution in [0.15, 0.2) is 34.0 Å². The number of methoxy groups -OCH3 is 1. The maximum absolute atomic E-state index is 13.6. The Labute approximate surface area is 256 Å². The molecule has 0 saturated carbocycles. The van der Waals surface area contributed by atoms with Crippen LogP contribution >= 0.6 is 24.0 Å². The van der Waals surface area contributed by atoms with Crippen LogP contribution in [0.5, 0.6) is 5.75 Å². The number of anilines is 1. The van der Waals surface area contributed by atoms with E-state index in [9.17, 15) is 19.6 Å². The van der Waals surface area contributed by atoms with Crippen molar-refractivity contribution < 1.29 is 19.1 Å². The number of esters is 1. The fourth-order valence-corrected chi connectivity index (χ4v) is 6.69. The predicted molar refractivity (Wildman–Crippen MR) is 169 cm³/mol. The number of hydrogen-bond acceptors (Lipinski definition) is 9. The summed E-state index contributed by atoms with van der Waals surface area (Å²) in [6.45, 7) is 7.63. The standard InChI is InChI=1S/C31H36N4O5S2/c1-5-14-34-27(33-15-7-8-22(19-33)30(38)40-6-2)24(20(3)25(18-32)28(34)36)17-26-29(37)35(31(41)42-26)16-13-21-9-11-23(39-4)12-10-21/h9-12,17,22H,5-8,13-16,19H2,1-4H3. The van der Waals surface area contributed by atoms with Crippen LogP contribution < -0.4 is 15.2 Å². The van der Waals surface area contributed by atoms with Gasteiger partial charge in [-0.1, -0.05) is 43.0 Å². The summed E-state index contributed by atoms with van der Waals surface area (Å²) in [5, 5.41) is 9.93. The molecule has 1 amide bonds. The van der Waals surface area contributed by atoms with Gasteiger partial charge >= 0.3 is 5.97 Å². The molecular weight excluding hydrogens is 572 g/mol. The third-order valence-electron chi connectivity index (χ3n) is 7.57. The van der Waals surface area contributed by atoms with Gasteiger partial charge in [0.1, 0.15) is 27.5 Å². The summed E-state index contributed by atoms with van der Waals surface area (Å²) in [6, 6.07) is 9.78. The molecule has 0 spiro atoms. The first kappa shape index (κ1) is 31.3. The summed E-state index contributed by atoms with van der Waals surface area (Å²) < 4.78 is 12.6. The quantitative estimate of drug-likeness (QED) is 0.216. The molecule has 9 nitrogen and oxygen atoms in total. The Morgan fingerprint density at radius 3 is 2.60 bits per heavy atom. The molecule has 42 heavy (non-hydrogen) atoms. The summed E-state index contributed by atoms with van der Waals surface area (Å²) in [5.74, 6) is 0.594. The van der Waals surface area contributed by atoms with Gasteiger partial charge in [-0.3, -0.25) is 23.9 Å². The molecule has 0 aliphatic carbocycles. The van der Waals surface area contributed by atoms with E-state index in [1.54, 1.807) is 36.5 Å². The molecule has 1 atom stereocenters. The molecule has 2 aliphatic heterocycles. The highest BCUT2D eigenvalue weighted by molar-refractivity contribution is 8.26. The van der Waals surface area contributed by atoms with Crippen LogP contribution in [0, 0.1) is 24.2 Å². The maximum atomic E-state index is 13.6. The normalized spacial score (nSPS) is 18.0. The van der Waals surface area contributed by atoms with E-state index < -0.39 is 0 Å². The number of pyridine rings is 1. The van der Waals surface area contributed by atoms with Crippen molar-refractivity contribution in [3.05, 3.63) is 61.8 Å². The molecule has 1 unspecified atom stereocenters. The number of nitriles is 1. The molecule has 0 bridgehead atoms. The lowest BCUT2D eigenvalue weighted by Gasteiger charge is -2.36. The Hall–Kier alpha value is -3.62. The highest BCUT2D eigenvalue weighted by Crippen LogP contribution is 2.37. The number of aromatic nitrogens is 1. The monoisotopic (exact) mass is 608 g/mol. The van der Waals surface area contributed by atoms with Gasteiger partial charge in [0.2, 0.25) is 0 Å². The molecule has 0 N–H and O–H groups in total. The van der Waals surface area contributed by atoms with Crippen molar-refractivity contribution in [2.45, 2.75) is 53.0 Å². The van der Waals surface area contributed by atoms with E-state index in [4.69, 9.17) is 21.7 Å². The number of carbonyl (C=O) groups excluding carboxylic acids is 2. The van der Waals surface area contributed by atoms with Crippen LogP contribution in [0.4, 0.5) is 5.82 Å². The van der Waals surface area contributed by atoms with E-state index in [-0.39, 0.29) is 28.9 Å². The van der Waals surface area contributed by atoms with Gasteiger partial charge in [-0.2, -0.15) is 5.26 Å². The first-order valence-electron chi connectivity index (χ1n) is 14.2. The van der Waals surface area contributed by atoms with E-state index in [1.165, 1.54) is 11.8 Å². The Balaban J connectivity index is 1.72. The van der Waals surface area contributed by atoms with Crippen molar-refractivity contribution in [1.82, 2.24) is 9.47 Å². The Kier molecular flexibility index (Phi) is 10.5. The van der Waals surface area contributed by atoms with Crippen LogP contribution in [0.3, 0.4) is 0 Å². The predicted octanol–water partition coefficient (Wildman–Crippen LogP) is 4.67. The van der Waals surface area contributed by atoms with Crippen molar-refractivity contribution in [2.24, 2.45) is 5.92 Å². The summed E-state index contributed by atoms with van der Waals surface area (Å²) >= 11 is 6.82. The second kappa shape index (κ2) is 14.0. The lowest BCUT2D eigenvalue weighted by Crippen LogP contribution is -2.43. The van der Waals surface area contributed by atoms with Gasteiger partial charge in [0.25, 0.3) is 11.5 Å². The van der Waals surface area contributed by atoms with Crippen molar-refractivity contribution in [1.29, 1.82) is 5.26 Å². The van der Waals surface area contributed by atoms with Gasteiger partial charge in [0.15, 0.2) is 0 Å². The minimum absolute atomic E-state index is 0.0485. The van der Waals surface area contributed by atoms with Gasteiger partial charge in [0, 0.05) is 31.7 Å². The Morgan fingerprint density at radius 2 is 1.95 bits per heavy atom. The molecule has 0 radical (unpaired) electrons. The van der Waals surface area contributed by atoms with Gasteiger partial charge in [-0.15, -0.1) is 0 Å².